The van der Waals surface area contributed by atoms with Gasteiger partial charge in [0.2, 0.25) is 0 Å². The summed E-state index contributed by atoms with van der Waals surface area (Å²) in [5.41, 5.74) is 0.394. The molecule has 2 nitrogen and oxygen atoms in total. The van der Waals surface area contributed by atoms with Gasteiger partial charge in [0.05, 0.1) is 0 Å². The Labute approximate surface area is 113 Å². The molecule has 1 atom stereocenters. The van der Waals surface area contributed by atoms with Gasteiger partial charge in [0.15, 0.2) is 0 Å². The fourth-order valence-corrected chi connectivity index (χ4v) is 1.89. The smallest absolute Gasteiger partial charge is 0.251 e. The quantitative estimate of drug-likeness (QED) is 0.833. The van der Waals surface area contributed by atoms with Crippen LogP contribution in [-0.2, 0) is 0 Å². The number of benzene rings is 1. The van der Waals surface area contributed by atoms with Crippen LogP contribution in [0.3, 0.4) is 0 Å². The lowest BCUT2D eigenvalue weighted by atomic mass is 9.85. The number of nitrogens with one attached hydrogen (secondary N) is 1. The van der Waals surface area contributed by atoms with Gasteiger partial charge in [-0.25, -0.2) is 4.39 Å². The predicted octanol–water partition coefficient (Wildman–Crippen LogP) is 3.60. The molecule has 1 amide bonds. The minimum atomic E-state index is -0.348. The van der Waals surface area contributed by atoms with Crippen LogP contribution in [0.5, 0.6) is 0 Å². The zero-order chi connectivity index (χ0) is 13.8. The van der Waals surface area contributed by atoms with Crippen molar-refractivity contribution in [2.45, 2.75) is 33.2 Å². The number of halogens is 2. The minimum absolute atomic E-state index is 0.00690. The third-order valence-corrected chi connectivity index (χ3v) is 3.07. The van der Waals surface area contributed by atoms with E-state index in [1.165, 1.54) is 24.3 Å². The monoisotopic (exact) mass is 271 g/mol. The lowest BCUT2D eigenvalue weighted by molar-refractivity contribution is 0.0900. The first kappa shape index (κ1) is 15.0. The molecule has 0 aliphatic heterocycles. The van der Waals surface area contributed by atoms with Crippen LogP contribution in [0.25, 0.3) is 0 Å². The highest BCUT2D eigenvalue weighted by atomic mass is 35.5. The van der Waals surface area contributed by atoms with E-state index in [0.717, 1.165) is 0 Å². The summed E-state index contributed by atoms with van der Waals surface area (Å²) in [5, 5.41) is 2.95. The maximum Gasteiger partial charge on any atom is 0.251 e. The van der Waals surface area contributed by atoms with Crippen molar-refractivity contribution >= 4 is 17.5 Å². The lowest BCUT2D eigenvalue weighted by Gasteiger charge is -2.31. The molecule has 0 aliphatic rings. The van der Waals surface area contributed by atoms with E-state index >= 15 is 0 Å². The lowest BCUT2D eigenvalue weighted by Crippen LogP contribution is -2.44. The van der Waals surface area contributed by atoms with Crippen molar-refractivity contribution in [3.8, 4) is 0 Å². The number of hydrogen-bond acceptors (Lipinski definition) is 1. The first-order valence-corrected chi connectivity index (χ1v) is 6.50. The topological polar surface area (TPSA) is 29.1 Å². The van der Waals surface area contributed by atoms with E-state index in [-0.39, 0.29) is 23.2 Å². The minimum Gasteiger partial charge on any atom is -0.349 e. The predicted molar refractivity (Wildman–Crippen MR) is 72.4 cm³/mol. The molecule has 4 heteroatoms. The van der Waals surface area contributed by atoms with Crippen molar-refractivity contribution in [1.29, 1.82) is 0 Å². The molecule has 0 saturated carbocycles. The van der Waals surface area contributed by atoms with Gasteiger partial charge in [0.1, 0.15) is 5.82 Å². The number of carbonyl (C=O) groups is 1. The Balaban J connectivity index is 2.75. The van der Waals surface area contributed by atoms with Gasteiger partial charge in [-0.2, -0.15) is 0 Å². The van der Waals surface area contributed by atoms with E-state index in [0.29, 0.717) is 17.9 Å². The molecule has 0 bridgehead atoms. The second-order valence-corrected chi connectivity index (χ2v) is 5.75. The molecule has 0 spiro atoms. The molecule has 0 radical (unpaired) electrons. The average Bonchev–Trinajstić information content (AvgIpc) is 2.28. The fraction of sp³-hybridized carbons (Fsp3) is 0.500. The molecule has 0 aliphatic carbocycles. The Morgan fingerprint density at radius 1 is 1.33 bits per heavy atom. The van der Waals surface area contributed by atoms with E-state index in [1.54, 1.807) is 0 Å². The number of alkyl halides is 1. The van der Waals surface area contributed by atoms with Gasteiger partial charge >= 0.3 is 0 Å². The van der Waals surface area contributed by atoms with Crippen LogP contribution in [0.4, 0.5) is 4.39 Å². The molecule has 1 unspecified atom stereocenters. The van der Waals surface area contributed by atoms with Gasteiger partial charge in [-0.05, 0) is 36.1 Å². The Morgan fingerprint density at radius 2 is 1.89 bits per heavy atom. The Morgan fingerprint density at radius 3 is 2.33 bits per heavy atom. The van der Waals surface area contributed by atoms with Crippen molar-refractivity contribution in [3.63, 3.8) is 0 Å². The van der Waals surface area contributed by atoms with Crippen LogP contribution in [0.2, 0.25) is 0 Å². The van der Waals surface area contributed by atoms with Gasteiger partial charge < -0.3 is 5.32 Å². The third kappa shape index (κ3) is 4.30. The number of carbonyl (C=O) groups excluding carboxylic acids is 1. The number of hydrogen-bond donors (Lipinski definition) is 1. The molecular weight excluding hydrogens is 253 g/mol. The SMILES string of the molecule is CC(C)(C)C(CCCl)NC(=O)c1ccc(F)cc1. The van der Waals surface area contributed by atoms with Crippen LogP contribution >= 0.6 is 11.6 Å². The molecule has 18 heavy (non-hydrogen) atoms. The second-order valence-electron chi connectivity index (χ2n) is 5.38. The van der Waals surface area contributed by atoms with Gasteiger partial charge in [0.25, 0.3) is 5.91 Å². The summed E-state index contributed by atoms with van der Waals surface area (Å²) in [5.74, 6) is -0.0502. The summed E-state index contributed by atoms with van der Waals surface area (Å²) in [7, 11) is 0. The van der Waals surface area contributed by atoms with Gasteiger partial charge in [-0.1, -0.05) is 20.8 Å². The maximum atomic E-state index is 12.8. The molecule has 0 heterocycles. The first-order chi connectivity index (χ1) is 8.34. The molecule has 1 N–H and O–H groups in total. The fourth-order valence-electron chi connectivity index (χ4n) is 1.67. The van der Waals surface area contributed by atoms with E-state index in [9.17, 15) is 9.18 Å². The molecule has 0 fully saturated rings. The summed E-state index contributed by atoms with van der Waals surface area (Å²) in [6.07, 6.45) is 0.706. The van der Waals surface area contributed by atoms with Crippen LogP contribution in [0, 0.1) is 11.2 Å². The van der Waals surface area contributed by atoms with Crippen molar-refractivity contribution in [2.75, 3.05) is 5.88 Å². The highest BCUT2D eigenvalue weighted by molar-refractivity contribution is 6.17. The van der Waals surface area contributed by atoms with E-state index < -0.39 is 0 Å². The number of rotatable bonds is 4. The van der Waals surface area contributed by atoms with Gasteiger partial charge in [0, 0.05) is 17.5 Å². The van der Waals surface area contributed by atoms with Crippen LogP contribution in [0.1, 0.15) is 37.6 Å². The van der Waals surface area contributed by atoms with Crippen LogP contribution in [-0.4, -0.2) is 17.8 Å². The normalized spacial score (nSPS) is 13.2. The van der Waals surface area contributed by atoms with Gasteiger partial charge in [-0.3, -0.25) is 4.79 Å². The summed E-state index contributed by atoms with van der Waals surface area (Å²) in [6, 6.07) is 5.51. The Hall–Kier alpha value is -1.09. The molecule has 1 aromatic rings. The van der Waals surface area contributed by atoms with E-state index in [1.807, 2.05) is 0 Å². The molecular formula is C14H19ClFNO. The summed E-state index contributed by atoms with van der Waals surface area (Å²) in [4.78, 5) is 12.0. The highest BCUT2D eigenvalue weighted by Crippen LogP contribution is 2.22. The second kappa shape index (κ2) is 6.19. The number of amides is 1. The maximum absolute atomic E-state index is 12.8. The highest BCUT2D eigenvalue weighted by Gasteiger charge is 2.25. The standard InChI is InChI=1S/C14H19ClFNO/c1-14(2,3)12(8-9-15)17-13(18)10-4-6-11(16)7-5-10/h4-7,12H,8-9H2,1-3H3,(H,17,18). The zero-order valence-electron chi connectivity index (χ0n) is 11.0. The van der Waals surface area contributed by atoms with E-state index in [4.69, 9.17) is 11.6 Å². The molecule has 1 aromatic carbocycles. The zero-order valence-corrected chi connectivity index (χ0v) is 11.7. The molecule has 0 saturated heterocycles. The Kier molecular flexibility index (Phi) is 5.15. The summed E-state index contributed by atoms with van der Waals surface area (Å²) >= 11 is 5.75. The van der Waals surface area contributed by atoms with Crippen LogP contribution < -0.4 is 5.32 Å². The third-order valence-electron chi connectivity index (χ3n) is 2.85. The molecule has 100 valence electrons. The van der Waals surface area contributed by atoms with E-state index in [2.05, 4.69) is 26.1 Å². The van der Waals surface area contributed by atoms with Crippen molar-refractivity contribution in [2.24, 2.45) is 5.41 Å². The van der Waals surface area contributed by atoms with Crippen LogP contribution in [0.15, 0.2) is 24.3 Å². The largest absolute Gasteiger partial charge is 0.349 e. The Bertz CT molecular complexity index is 397. The van der Waals surface area contributed by atoms with Crippen molar-refractivity contribution in [1.82, 2.24) is 5.32 Å². The first-order valence-electron chi connectivity index (χ1n) is 5.97. The van der Waals surface area contributed by atoms with Gasteiger partial charge in [-0.15, -0.1) is 11.6 Å². The van der Waals surface area contributed by atoms with Crippen molar-refractivity contribution in [3.05, 3.63) is 35.6 Å². The average molecular weight is 272 g/mol. The molecule has 1 rings (SSSR count). The van der Waals surface area contributed by atoms with Crippen molar-refractivity contribution < 1.29 is 9.18 Å². The summed E-state index contributed by atoms with van der Waals surface area (Å²) in [6.45, 7) is 6.15. The summed E-state index contributed by atoms with van der Waals surface area (Å²) < 4.78 is 12.8. The molecule has 0 aromatic heterocycles.